The standard InChI is InChI=1S/C61H86N14O21S2/c1-8-96-61(95)43(25-36-13-17-38(79)18-14-36)72-50(84)29(2)64-46(80)26-63-59(93)48(34(7)77)74-53(87)33(6)65-49(83)30(3)68-58(92)45-10-9-22-75(45)60(94)41(21-23-76)70-57(91)44-28-98-97-27-39(62)54(88)66-31(4)51(85)69-40(19-20-47(81)82)55(89)71-42(24-35-11-15-37(78)16-12-35)56(90)67-32(5)52(86)73-44/h11-18,23,29-34,39-45,48,77-79H,8-10,19-22,24-28,62H2,1-7H3,(H,63,93)(H,64,80)(H,65,83)(H,66,88)(H,67,90)(H,68,92)(H,69,85)(H,70,91)(H,71,89)(H,72,84)(H,73,86)(H,74,87)(H,81,82)/t29-,30+,31+,32-,33+,34+,39+,40+,41+,42+,43+,44+,45+,48+/m1/s1. The molecular formula is C61H86N14O21S2. The Balaban J connectivity index is 1.40. The summed E-state index contributed by atoms with van der Waals surface area (Å²) in [5.74, 6) is -14.9. The van der Waals surface area contributed by atoms with Crippen molar-refractivity contribution in [2.75, 3.05) is 31.2 Å². The number of nitrogens with two attached hydrogens (primary N) is 1. The smallest absolute Gasteiger partial charge is 0.328 e. The quantitative estimate of drug-likeness (QED) is 0.0225. The normalized spacial score (nSPS) is 21.8. The van der Waals surface area contributed by atoms with Gasteiger partial charge >= 0.3 is 11.9 Å². The summed E-state index contributed by atoms with van der Waals surface area (Å²) in [6.45, 7) is 8.20. The van der Waals surface area contributed by atoms with Crippen LogP contribution in [0.4, 0.5) is 0 Å². The number of aliphatic hydroxyl groups is 1. The van der Waals surface area contributed by atoms with Crippen LogP contribution in [0.15, 0.2) is 48.5 Å². The van der Waals surface area contributed by atoms with Crippen LogP contribution in [0.25, 0.3) is 0 Å². The van der Waals surface area contributed by atoms with E-state index in [1.165, 1.54) is 71.0 Å². The molecule has 2 saturated heterocycles. The Kier molecular flexibility index (Phi) is 32.6. The molecule has 0 bridgehead atoms. The molecule has 538 valence electrons. The number of amides is 13. The van der Waals surface area contributed by atoms with E-state index in [9.17, 15) is 97.1 Å². The highest BCUT2D eigenvalue weighted by atomic mass is 33.1. The number of carboxylic acids is 1. The fraction of sp³-hybridized carbons (Fsp3) is 0.541. The summed E-state index contributed by atoms with van der Waals surface area (Å²) in [6, 6.07) is -7.28. The van der Waals surface area contributed by atoms with Crippen LogP contribution in [0.1, 0.15) is 91.7 Å². The van der Waals surface area contributed by atoms with Gasteiger partial charge in [0, 0.05) is 43.7 Å². The zero-order valence-corrected chi connectivity index (χ0v) is 56.5. The molecule has 2 aliphatic heterocycles. The molecule has 0 saturated carbocycles. The molecule has 0 aliphatic carbocycles. The maximum Gasteiger partial charge on any atom is 0.328 e. The number of nitrogens with zero attached hydrogens (tertiary/aromatic N) is 1. The maximum absolute atomic E-state index is 14.3. The zero-order chi connectivity index (χ0) is 73.1. The highest BCUT2D eigenvalue weighted by molar-refractivity contribution is 8.76. The van der Waals surface area contributed by atoms with Gasteiger partial charge in [0.05, 0.1) is 25.3 Å². The predicted molar refractivity (Wildman–Crippen MR) is 350 cm³/mol. The zero-order valence-electron chi connectivity index (χ0n) is 54.8. The van der Waals surface area contributed by atoms with Crippen molar-refractivity contribution in [1.82, 2.24) is 68.7 Å². The molecule has 2 aromatic carbocycles. The molecule has 98 heavy (non-hydrogen) atoms. The Labute approximate surface area is 571 Å². The van der Waals surface area contributed by atoms with Crippen LogP contribution in [0.2, 0.25) is 0 Å². The van der Waals surface area contributed by atoms with Crippen LogP contribution >= 0.6 is 21.6 Å². The van der Waals surface area contributed by atoms with Crippen molar-refractivity contribution in [2.45, 2.75) is 178 Å². The van der Waals surface area contributed by atoms with Gasteiger partial charge in [-0.2, -0.15) is 0 Å². The molecular weight excluding hydrogens is 1330 g/mol. The van der Waals surface area contributed by atoms with Crippen molar-refractivity contribution in [3.05, 3.63) is 59.7 Å². The Morgan fingerprint density at radius 3 is 1.80 bits per heavy atom. The minimum Gasteiger partial charge on any atom is -0.508 e. The van der Waals surface area contributed by atoms with E-state index in [2.05, 4.69) is 63.8 Å². The molecule has 18 N–H and O–H groups in total. The van der Waals surface area contributed by atoms with Crippen molar-refractivity contribution < 1.29 is 102 Å². The molecule has 0 spiro atoms. The monoisotopic (exact) mass is 1410 g/mol. The average Bonchev–Trinajstić information content (AvgIpc) is 1.61. The number of rotatable bonds is 27. The Bertz CT molecular complexity index is 3220. The Morgan fingerprint density at radius 1 is 0.653 bits per heavy atom. The van der Waals surface area contributed by atoms with Crippen molar-refractivity contribution in [2.24, 2.45) is 5.73 Å². The van der Waals surface area contributed by atoms with E-state index in [0.29, 0.717) is 17.4 Å². The van der Waals surface area contributed by atoms with Crippen molar-refractivity contribution in [1.29, 1.82) is 0 Å². The summed E-state index contributed by atoms with van der Waals surface area (Å²) < 4.78 is 5.08. The second-order valence-electron chi connectivity index (χ2n) is 23.2. The number of aliphatic hydroxyl groups excluding tert-OH is 1. The number of hydrogen-bond donors (Lipinski definition) is 17. The number of esters is 1. The van der Waals surface area contributed by atoms with Crippen LogP contribution in [-0.2, 0) is 94.3 Å². The molecule has 35 nitrogen and oxygen atoms in total. The maximum atomic E-state index is 14.3. The largest absolute Gasteiger partial charge is 0.508 e. The average molecular weight is 1420 g/mol. The van der Waals surface area contributed by atoms with Gasteiger partial charge in [0.2, 0.25) is 76.8 Å². The number of carbonyl (C=O) groups excluding carboxylic acids is 15. The van der Waals surface area contributed by atoms with E-state index in [4.69, 9.17) is 10.5 Å². The number of aromatic hydroxyl groups is 2. The molecule has 0 aromatic heterocycles. The molecule has 4 rings (SSSR count). The summed E-state index contributed by atoms with van der Waals surface area (Å²) in [6.07, 6.45) is -2.98. The molecule has 14 atom stereocenters. The third kappa shape index (κ3) is 26.1. The molecule has 2 aromatic rings. The fourth-order valence-electron chi connectivity index (χ4n) is 9.53. The minimum atomic E-state index is -1.70. The van der Waals surface area contributed by atoms with Crippen LogP contribution < -0.4 is 69.5 Å². The number of benzene rings is 2. The number of phenols is 2. The first-order valence-electron chi connectivity index (χ1n) is 31.2. The highest BCUT2D eigenvalue weighted by Crippen LogP contribution is 2.24. The summed E-state index contributed by atoms with van der Waals surface area (Å²) >= 11 is 0. The third-order valence-corrected chi connectivity index (χ3v) is 17.6. The fourth-order valence-corrected chi connectivity index (χ4v) is 11.8. The number of aliphatic carboxylic acids is 1. The lowest BCUT2D eigenvalue weighted by molar-refractivity contribution is -0.147. The van der Waals surface area contributed by atoms with Gasteiger partial charge in [-0.25, -0.2) is 4.79 Å². The number of hydrogen-bond acceptors (Lipinski definition) is 23. The number of phenolic OH excluding ortho intramolecular Hbond substituents is 2. The lowest BCUT2D eigenvalue weighted by Crippen LogP contribution is -2.60. The van der Waals surface area contributed by atoms with E-state index < -0.39 is 199 Å². The summed E-state index contributed by atoms with van der Waals surface area (Å²) in [4.78, 5) is 214. The van der Waals surface area contributed by atoms with Gasteiger partial charge < -0.3 is 104 Å². The molecule has 2 aliphatic rings. The van der Waals surface area contributed by atoms with Crippen LogP contribution in [0.3, 0.4) is 0 Å². The summed E-state index contributed by atoms with van der Waals surface area (Å²) in [7, 11) is 1.89. The van der Waals surface area contributed by atoms with Crippen LogP contribution in [0.5, 0.6) is 11.5 Å². The molecule has 2 heterocycles. The van der Waals surface area contributed by atoms with E-state index in [1.807, 2.05) is 0 Å². The minimum absolute atomic E-state index is 0.00927. The number of carboxylic acid groups (broad SMARTS) is 1. The van der Waals surface area contributed by atoms with Crippen LogP contribution in [-0.4, -0.2) is 236 Å². The van der Waals surface area contributed by atoms with Crippen molar-refractivity contribution >= 4 is 117 Å². The lowest BCUT2D eigenvalue weighted by Gasteiger charge is -2.30. The van der Waals surface area contributed by atoms with E-state index in [-0.39, 0.29) is 61.8 Å². The van der Waals surface area contributed by atoms with Crippen molar-refractivity contribution in [3.63, 3.8) is 0 Å². The SMILES string of the molecule is CCOC(=O)[C@H](Cc1ccc(O)cc1)NC(=O)[C@@H](C)NC(=O)CNC(=O)[C@@H](NC(=O)[C@H](C)NC(=O)[C@H](C)NC(=O)[C@@H]1CCCN1C(=O)[C@H](CC=O)NC(=O)[C@@H]1CSSC[C@H](N)C(=O)N[C@@H](C)C(=O)N[C@@H](CCC(=O)O)C(=O)N[C@@H](Cc2ccc(O)cc2)C(=O)N[C@H](C)C(=O)N1)[C@H](C)O. The first kappa shape index (κ1) is 80.8. The van der Waals surface area contributed by atoms with E-state index >= 15 is 0 Å². The second-order valence-corrected chi connectivity index (χ2v) is 25.7. The van der Waals surface area contributed by atoms with Gasteiger partial charge in [0.15, 0.2) is 0 Å². The molecule has 13 amide bonds. The third-order valence-electron chi connectivity index (χ3n) is 15.1. The number of aldehydes is 1. The van der Waals surface area contributed by atoms with Crippen molar-refractivity contribution in [3.8, 4) is 11.5 Å². The van der Waals surface area contributed by atoms with Gasteiger partial charge in [-0.15, -0.1) is 0 Å². The van der Waals surface area contributed by atoms with Gasteiger partial charge in [0.1, 0.15) is 90.3 Å². The second kappa shape index (κ2) is 39.6. The Morgan fingerprint density at radius 2 is 1.19 bits per heavy atom. The molecule has 0 unspecified atom stereocenters. The van der Waals surface area contributed by atoms with Crippen LogP contribution in [0, 0.1) is 0 Å². The molecule has 37 heteroatoms. The van der Waals surface area contributed by atoms with Gasteiger partial charge in [-0.1, -0.05) is 45.9 Å². The predicted octanol–water partition coefficient (Wildman–Crippen LogP) is -5.46. The summed E-state index contributed by atoms with van der Waals surface area (Å²) in [5, 5.41) is 68.3. The number of likely N-dealkylation sites (tertiary alicyclic amines) is 1. The number of carbonyl (C=O) groups is 16. The summed E-state index contributed by atoms with van der Waals surface area (Å²) in [5.41, 5.74) is 7.10. The van der Waals surface area contributed by atoms with Gasteiger partial charge in [-0.3, -0.25) is 67.1 Å². The highest BCUT2D eigenvalue weighted by Gasteiger charge is 2.41. The van der Waals surface area contributed by atoms with E-state index in [0.717, 1.165) is 33.4 Å². The molecule has 2 fully saturated rings. The van der Waals surface area contributed by atoms with Gasteiger partial charge in [-0.05, 0) is 103 Å². The lowest BCUT2D eigenvalue weighted by atomic mass is 10.0. The number of ether oxygens (including phenoxy) is 1. The van der Waals surface area contributed by atoms with Gasteiger partial charge in [0.25, 0.3) is 0 Å². The topological polar surface area (TPSA) is 537 Å². The first-order valence-corrected chi connectivity index (χ1v) is 33.7. The number of nitrogens with one attached hydrogen (secondary N) is 12. The molecule has 0 radical (unpaired) electrons. The van der Waals surface area contributed by atoms with E-state index in [1.54, 1.807) is 19.1 Å². The Hall–Kier alpha value is -9.62. The first-order chi connectivity index (χ1) is 46.2.